The predicted octanol–water partition coefficient (Wildman–Crippen LogP) is 3.48. The number of likely N-dealkylation sites (tertiary alicyclic amines) is 1. The van der Waals surface area contributed by atoms with Crippen molar-refractivity contribution in [1.29, 1.82) is 0 Å². The van der Waals surface area contributed by atoms with Crippen LogP contribution in [0.2, 0.25) is 0 Å². The molecule has 1 heterocycles. The zero-order valence-corrected chi connectivity index (χ0v) is 14.7. The van der Waals surface area contributed by atoms with Gasteiger partial charge < -0.3 is 4.90 Å². The van der Waals surface area contributed by atoms with Gasteiger partial charge in [-0.25, -0.2) is 8.78 Å². The molecule has 1 saturated heterocycles. The van der Waals surface area contributed by atoms with Gasteiger partial charge in [-0.3, -0.25) is 9.69 Å². The summed E-state index contributed by atoms with van der Waals surface area (Å²) in [5, 5.41) is 0. The van der Waals surface area contributed by atoms with E-state index in [1.807, 2.05) is 4.90 Å². The number of hydrogen-bond donors (Lipinski definition) is 0. The van der Waals surface area contributed by atoms with E-state index in [9.17, 15) is 13.6 Å². The van der Waals surface area contributed by atoms with E-state index in [4.69, 9.17) is 0 Å². The minimum absolute atomic E-state index is 0.167. The van der Waals surface area contributed by atoms with Crippen molar-refractivity contribution in [2.75, 3.05) is 32.7 Å². The molecule has 134 valence electrons. The Balaban J connectivity index is 1.88. The lowest BCUT2D eigenvalue weighted by Crippen LogP contribution is -2.45. The SMILES string of the molecule is CCN(CC)CC(=O)N1CCC[C@H](CCc2c(F)cccc2F)C1. The summed E-state index contributed by atoms with van der Waals surface area (Å²) in [5.74, 6) is -0.459. The Morgan fingerprint density at radius 1 is 1.25 bits per heavy atom. The van der Waals surface area contributed by atoms with Crippen molar-refractivity contribution in [3.63, 3.8) is 0 Å². The Morgan fingerprint density at radius 3 is 2.54 bits per heavy atom. The normalized spacial score (nSPS) is 18.2. The molecule has 1 fully saturated rings. The van der Waals surface area contributed by atoms with E-state index >= 15 is 0 Å². The molecule has 1 aliphatic rings. The fourth-order valence-corrected chi connectivity index (χ4v) is 3.39. The molecule has 0 radical (unpaired) electrons. The lowest BCUT2D eigenvalue weighted by atomic mass is 9.91. The van der Waals surface area contributed by atoms with Crippen molar-refractivity contribution in [2.45, 2.75) is 39.5 Å². The van der Waals surface area contributed by atoms with Crippen molar-refractivity contribution < 1.29 is 13.6 Å². The van der Waals surface area contributed by atoms with E-state index in [1.54, 1.807) is 0 Å². The van der Waals surface area contributed by atoms with E-state index in [-0.39, 0.29) is 11.5 Å². The van der Waals surface area contributed by atoms with Crippen LogP contribution in [0.15, 0.2) is 18.2 Å². The van der Waals surface area contributed by atoms with Crippen LogP contribution in [-0.4, -0.2) is 48.4 Å². The highest BCUT2D eigenvalue weighted by atomic mass is 19.1. The maximum absolute atomic E-state index is 13.7. The first-order valence-electron chi connectivity index (χ1n) is 8.98. The van der Waals surface area contributed by atoms with Gasteiger partial charge in [0.25, 0.3) is 0 Å². The average Bonchev–Trinajstić information content (AvgIpc) is 2.59. The fraction of sp³-hybridized carbons (Fsp3) is 0.632. The van der Waals surface area contributed by atoms with Crippen LogP contribution in [0.25, 0.3) is 0 Å². The smallest absolute Gasteiger partial charge is 0.236 e. The summed E-state index contributed by atoms with van der Waals surface area (Å²) in [4.78, 5) is 16.5. The Kier molecular flexibility index (Phi) is 7.16. The van der Waals surface area contributed by atoms with Crippen LogP contribution >= 0.6 is 0 Å². The molecule has 1 aliphatic heterocycles. The fourth-order valence-electron chi connectivity index (χ4n) is 3.39. The molecule has 1 aromatic rings. The molecule has 0 aliphatic carbocycles. The van der Waals surface area contributed by atoms with Gasteiger partial charge in [0.1, 0.15) is 11.6 Å². The van der Waals surface area contributed by atoms with Gasteiger partial charge >= 0.3 is 0 Å². The maximum atomic E-state index is 13.7. The Bertz CT molecular complexity index is 526. The van der Waals surface area contributed by atoms with E-state index in [2.05, 4.69) is 18.7 Å². The summed E-state index contributed by atoms with van der Waals surface area (Å²) in [6.45, 7) is 7.80. The summed E-state index contributed by atoms with van der Waals surface area (Å²) in [5.41, 5.74) is 0.170. The first-order chi connectivity index (χ1) is 11.5. The van der Waals surface area contributed by atoms with Gasteiger partial charge in [-0.15, -0.1) is 0 Å². The summed E-state index contributed by atoms with van der Waals surface area (Å²) in [6.07, 6.45) is 3.09. The molecule has 2 rings (SSSR count). The molecular formula is C19H28F2N2O. The number of piperidine rings is 1. The monoisotopic (exact) mass is 338 g/mol. The summed E-state index contributed by atoms with van der Waals surface area (Å²) in [6, 6.07) is 4.00. The molecule has 0 unspecified atom stereocenters. The molecule has 1 atom stereocenters. The number of carbonyl (C=O) groups excluding carboxylic acids is 1. The van der Waals surface area contributed by atoms with Gasteiger partial charge in [0.2, 0.25) is 5.91 Å². The molecule has 0 spiro atoms. The number of likely N-dealkylation sites (N-methyl/N-ethyl adjacent to an activating group) is 1. The second kappa shape index (κ2) is 9.11. The maximum Gasteiger partial charge on any atom is 0.236 e. The topological polar surface area (TPSA) is 23.6 Å². The highest BCUT2D eigenvalue weighted by Gasteiger charge is 2.24. The molecule has 3 nitrogen and oxygen atoms in total. The molecule has 0 bridgehead atoms. The minimum Gasteiger partial charge on any atom is -0.341 e. The Labute approximate surface area is 143 Å². The number of rotatable bonds is 7. The molecule has 0 aromatic heterocycles. The van der Waals surface area contributed by atoms with Crippen LogP contribution in [-0.2, 0) is 11.2 Å². The van der Waals surface area contributed by atoms with Crippen LogP contribution in [0.1, 0.15) is 38.7 Å². The number of halogens is 2. The van der Waals surface area contributed by atoms with Gasteiger partial charge in [0, 0.05) is 18.7 Å². The molecule has 1 amide bonds. The van der Waals surface area contributed by atoms with Crippen molar-refractivity contribution >= 4 is 5.91 Å². The summed E-state index contributed by atoms with van der Waals surface area (Å²) >= 11 is 0. The third-order valence-electron chi connectivity index (χ3n) is 4.99. The number of amides is 1. The van der Waals surface area contributed by atoms with Crippen molar-refractivity contribution in [3.05, 3.63) is 35.4 Å². The second-order valence-electron chi connectivity index (χ2n) is 6.55. The first kappa shape index (κ1) is 18.8. The number of hydrogen-bond acceptors (Lipinski definition) is 2. The van der Waals surface area contributed by atoms with E-state index < -0.39 is 11.6 Å². The predicted molar refractivity (Wildman–Crippen MR) is 91.8 cm³/mol. The van der Waals surface area contributed by atoms with Gasteiger partial charge in [-0.2, -0.15) is 0 Å². The largest absolute Gasteiger partial charge is 0.341 e. The summed E-state index contributed by atoms with van der Waals surface area (Å²) in [7, 11) is 0. The van der Waals surface area contributed by atoms with Crippen LogP contribution in [0.5, 0.6) is 0 Å². The minimum atomic E-state index is -0.472. The highest BCUT2D eigenvalue weighted by Crippen LogP contribution is 2.23. The molecular weight excluding hydrogens is 310 g/mol. The quantitative estimate of drug-likeness (QED) is 0.760. The lowest BCUT2D eigenvalue weighted by molar-refractivity contribution is -0.134. The highest BCUT2D eigenvalue weighted by molar-refractivity contribution is 5.78. The standard InChI is InChI=1S/C19H28F2N2O/c1-3-22(4-2)14-19(24)23-12-6-7-15(13-23)10-11-16-17(20)8-5-9-18(16)21/h5,8-9,15H,3-4,6-7,10-14H2,1-2H3/t15-/m1/s1. The van der Waals surface area contributed by atoms with Gasteiger partial charge in [-0.05, 0) is 56.8 Å². The van der Waals surface area contributed by atoms with Crippen LogP contribution in [0.4, 0.5) is 8.78 Å². The van der Waals surface area contributed by atoms with E-state index in [1.165, 1.54) is 18.2 Å². The van der Waals surface area contributed by atoms with Crippen LogP contribution in [0, 0.1) is 17.6 Å². The third-order valence-corrected chi connectivity index (χ3v) is 4.99. The third kappa shape index (κ3) is 5.00. The van der Waals surface area contributed by atoms with E-state index in [0.717, 1.165) is 32.5 Å². The van der Waals surface area contributed by atoms with Crippen molar-refractivity contribution in [3.8, 4) is 0 Å². The molecule has 1 aromatic carbocycles. The second-order valence-corrected chi connectivity index (χ2v) is 6.55. The van der Waals surface area contributed by atoms with Gasteiger partial charge in [-0.1, -0.05) is 19.9 Å². The molecule has 5 heteroatoms. The van der Waals surface area contributed by atoms with Gasteiger partial charge in [0.05, 0.1) is 6.54 Å². The summed E-state index contributed by atoms with van der Waals surface area (Å²) < 4.78 is 27.4. The number of benzene rings is 1. The molecule has 24 heavy (non-hydrogen) atoms. The van der Waals surface area contributed by atoms with Crippen LogP contribution < -0.4 is 0 Å². The number of nitrogens with zero attached hydrogens (tertiary/aromatic N) is 2. The van der Waals surface area contributed by atoms with Crippen LogP contribution in [0.3, 0.4) is 0 Å². The van der Waals surface area contributed by atoms with Crippen molar-refractivity contribution in [1.82, 2.24) is 9.80 Å². The van der Waals surface area contributed by atoms with E-state index in [0.29, 0.717) is 31.8 Å². The zero-order chi connectivity index (χ0) is 17.5. The molecule has 0 saturated carbocycles. The number of carbonyl (C=O) groups is 1. The molecule has 0 N–H and O–H groups in total. The lowest BCUT2D eigenvalue weighted by Gasteiger charge is -2.34. The zero-order valence-electron chi connectivity index (χ0n) is 14.7. The average molecular weight is 338 g/mol. The van der Waals surface area contributed by atoms with Gasteiger partial charge in [0.15, 0.2) is 0 Å². The van der Waals surface area contributed by atoms with Crippen molar-refractivity contribution in [2.24, 2.45) is 5.92 Å². The Hall–Kier alpha value is -1.49. The Morgan fingerprint density at radius 2 is 1.92 bits per heavy atom. The first-order valence-corrected chi connectivity index (χ1v) is 8.98.